The van der Waals surface area contributed by atoms with Crippen LogP contribution in [0.4, 0.5) is 0 Å². The third kappa shape index (κ3) is 2.82. The fraction of sp³-hybridized carbons (Fsp3) is 0.100. The van der Waals surface area contributed by atoms with Crippen molar-refractivity contribution >= 4 is 17.0 Å². The van der Waals surface area contributed by atoms with E-state index in [1.807, 2.05) is 42.5 Å². The molecule has 130 valence electrons. The quantitative estimate of drug-likeness (QED) is 0.557. The van der Waals surface area contributed by atoms with Crippen molar-refractivity contribution in [2.45, 2.75) is 0 Å². The summed E-state index contributed by atoms with van der Waals surface area (Å²) >= 11 is 0. The molecule has 6 nitrogen and oxygen atoms in total. The molecule has 6 heteroatoms. The summed E-state index contributed by atoms with van der Waals surface area (Å²) in [6, 6.07) is 16.4. The van der Waals surface area contributed by atoms with Gasteiger partial charge in [-0.2, -0.15) is 0 Å². The average Bonchev–Trinajstić information content (AvgIpc) is 3.33. The second kappa shape index (κ2) is 6.40. The second-order valence-electron chi connectivity index (χ2n) is 5.70. The number of hydrogen-bond acceptors (Lipinski definition) is 5. The molecule has 0 atom stereocenters. The number of nitrogens with zero attached hydrogens (tertiary/aromatic N) is 1. The van der Waals surface area contributed by atoms with Gasteiger partial charge in [0, 0.05) is 11.6 Å². The molecule has 0 aliphatic rings. The molecule has 2 aromatic heterocycles. The van der Waals surface area contributed by atoms with Crippen molar-refractivity contribution in [2.24, 2.45) is 0 Å². The number of methoxy groups -OCH3 is 2. The van der Waals surface area contributed by atoms with Gasteiger partial charge in [0.15, 0.2) is 11.6 Å². The molecule has 4 aromatic rings. The zero-order valence-corrected chi connectivity index (χ0v) is 14.3. The smallest absolute Gasteiger partial charge is 0.337 e. The van der Waals surface area contributed by atoms with E-state index in [0.29, 0.717) is 22.9 Å². The summed E-state index contributed by atoms with van der Waals surface area (Å²) in [5, 5.41) is 0. The van der Waals surface area contributed by atoms with Gasteiger partial charge < -0.3 is 18.9 Å². The normalized spacial score (nSPS) is 10.8. The molecular formula is C20H16N2O4. The van der Waals surface area contributed by atoms with Gasteiger partial charge in [-0.05, 0) is 36.4 Å². The predicted molar refractivity (Wildman–Crippen MR) is 97.1 cm³/mol. The maximum atomic E-state index is 11.5. The molecule has 0 aliphatic carbocycles. The summed E-state index contributed by atoms with van der Waals surface area (Å²) in [5.41, 5.74) is 3.07. The number of ether oxygens (including phenoxy) is 2. The number of fused-ring (bicyclic) bond motifs is 1. The van der Waals surface area contributed by atoms with Crippen molar-refractivity contribution < 1.29 is 18.7 Å². The number of benzene rings is 2. The van der Waals surface area contributed by atoms with Crippen LogP contribution in [0.2, 0.25) is 0 Å². The van der Waals surface area contributed by atoms with E-state index in [1.165, 1.54) is 7.11 Å². The van der Waals surface area contributed by atoms with Crippen molar-refractivity contribution in [3.8, 4) is 28.7 Å². The molecule has 0 saturated heterocycles. The van der Waals surface area contributed by atoms with Gasteiger partial charge in [0.25, 0.3) is 0 Å². The standard InChI is InChI=1S/C20H16N2O4/c1-24-14-7-8-15-16(11-14)22-19(21-15)18-10-9-17(26-18)12-3-5-13(6-4-12)20(23)25-2/h3-11H,1-2H3,(H,21,22). The summed E-state index contributed by atoms with van der Waals surface area (Å²) in [7, 11) is 2.98. The van der Waals surface area contributed by atoms with Gasteiger partial charge in [0.2, 0.25) is 0 Å². The number of carbonyl (C=O) groups excluding carboxylic acids is 1. The number of aromatic nitrogens is 2. The zero-order valence-electron chi connectivity index (χ0n) is 14.3. The number of carbonyl (C=O) groups is 1. The van der Waals surface area contributed by atoms with E-state index < -0.39 is 0 Å². The van der Waals surface area contributed by atoms with Crippen LogP contribution in [0.15, 0.2) is 59.0 Å². The van der Waals surface area contributed by atoms with E-state index in [2.05, 4.69) is 9.97 Å². The Labute approximate surface area is 149 Å². The third-order valence-electron chi connectivity index (χ3n) is 4.12. The van der Waals surface area contributed by atoms with Gasteiger partial charge in [-0.3, -0.25) is 0 Å². The molecule has 4 rings (SSSR count). The van der Waals surface area contributed by atoms with E-state index in [4.69, 9.17) is 13.9 Å². The van der Waals surface area contributed by atoms with Gasteiger partial charge in [0.05, 0.1) is 30.8 Å². The number of H-pyrrole nitrogens is 1. The molecule has 1 N–H and O–H groups in total. The van der Waals surface area contributed by atoms with Gasteiger partial charge in [-0.25, -0.2) is 9.78 Å². The van der Waals surface area contributed by atoms with Gasteiger partial charge in [0.1, 0.15) is 11.5 Å². The van der Waals surface area contributed by atoms with Crippen LogP contribution < -0.4 is 4.74 Å². The first-order valence-electron chi connectivity index (χ1n) is 8.00. The molecule has 0 radical (unpaired) electrons. The summed E-state index contributed by atoms with van der Waals surface area (Å²) in [5.74, 6) is 2.35. The summed E-state index contributed by atoms with van der Waals surface area (Å²) in [6.45, 7) is 0. The van der Waals surface area contributed by atoms with Crippen molar-refractivity contribution in [3.63, 3.8) is 0 Å². The Balaban J connectivity index is 1.64. The van der Waals surface area contributed by atoms with E-state index in [0.717, 1.165) is 22.3 Å². The van der Waals surface area contributed by atoms with E-state index in [-0.39, 0.29) is 5.97 Å². The molecular weight excluding hydrogens is 332 g/mol. The van der Waals surface area contributed by atoms with Crippen LogP contribution in [0, 0.1) is 0 Å². The van der Waals surface area contributed by atoms with Crippen LogP contribution in [0.25, 0.3) is 33.9 Å². The highest BCUT2D eigenvalue weighted by atomic mass is 16.5. The van der Waals surface area contributed by atoms with Crippen LogP contribution in [0.3, 0.4) is 0 Å². The summed E-state index contributed by atoms with van der Waals surface area (Å²) in [4.78, 5) is 19.3. The minimum atomic E-state index is -0.366. The average molecular weight is 348 g/mol. The fourth-order valence-electron chi connectivity index (χ4n) is 2.74. The van der Waals surface area contributed by atoms with E-state index in [1.54, 1.807) is 19.2 Å². The van der Waals surface area contributed by atoms with Crippen LogP contribution in [0.5, 0.6) is 5.75 Å². The highest BCUT2D eigenvalue weighted by Crippen LogP contribution is 2.29. The minimum Gasteiger partial charge on any atom is -0.497 e. The van der Waals surface area contributed by atoms with Crippen molar-refractivity contribution in [3.05, 3.63) is 60.2 Å². The molecule has 0 aliphatic heterocycles. The first-order valence-corrected chi connectivity index (χ1v) is 8.00. The predicted octanol–water partition coefficient (Wildman–Crippen LogP) is 4.29. The van der Waals surface area contributed by atoms with E-state index >= 15 is 0 Å². The first-order chi connectivity index (χ1) is 12.7. The third-order valence-corrected chi connectivity index (χ3v) is 4.12. The number of rotatable bonds is 4. The second-order valence-corrected chi connectivity index (χ2v) is 5.70. The zero-order chi connectivity index (χ0) is 18.1. The summed E-state index contributed by atoms with van der Waals surface area (Å²) < 4.78 is 15.9. The lowest BCUT2D eigenvalue weighted by Crippen LogP contribution is -2.00. The van der Waals surface area contributed by atoms with Crippen LogP contribution in [-0.4, -0.2) is 30.2 Å². The van der Waals surface area contributed by atoms with Crippen molar-refractivity contribution in [2.75, 3.05) is 14.2 Å². The van der Waals surface area contributed by atoms with E-state index in [9.17, 15) is 4.79 Å². The highest BCUT2D eigenvalue weighted by Gasteiger charge is 2.12. The molecule has 0 amide bonds. The van der Waals surface area contributed by atoms with Crippen LogP contribution in [-0.2, 0) is 4.74 Å². The van der Waals surface area contributed by atoms with Crippen molar-refractivity contribution in [1.82, 2.24) is 9.97 Å². The topological polar surface area (TPSA) is 77.4 Å². The Hall–Kier alpha value is -3.54. The molecule has 0 unspecified atom stereocenters. The minimum absolute atomic E-state index is 0.366. The SMILES string of the molecule is COC(=O)c1ccc(-c2ccc(-c3nc4cc(OC)ccc4[nH]3)o2)cc1. The Bertz CT molecular complexity index is 1080. The number of imidazole rings is 1. The molecule has 0 fully saturated rings. The Kier molecular flexibility index (Phi) is 3.93. The van der Waals surface area contributed by atoms with Gasteiger partial charge in [-0.15, -0.1) is 0 Å². The van der Waals surface area contributed by atoms with Crippen LogP contribution in [0.1, 0.15) is 10.4 Å². The molecule has 0 spiro atoms. The molecule has 26 heavy (non-hydrogen) atoms. The number of nitrogens with one attached hydrogen (secondary N) is 1. The van der Waals surface area contributed by atoms with Crippen molar-refractivity contribution in [1.29, 1.82) is 0 Å². The molecule has 0 bridgehead atoms. The largest absolute Gasteiger partial charge is 0.497 e. The summed E-state index contributed by atoms with van der Waals surface area (Å²) in [6.07, 6.45) is 0. The highest BCUT2D eigenvalue weighted by molar-refractivity contribution is 5.89. The Morgan fingerprint density at radius 3 is 2.50 bits per heavy atom. The first kappa shape index (κ1) is 16.0. The maximum Gasteiger partial charge on any atom is 0.337 e. The van der Waals surface area contributed by atoms with Gasteiger partial charge in [-0.1, -0.05) is 12.1 Å². The number of furan rings is 1. The number of hydrogen-bond donors (Lipinski definition) is 1. The lowest BCUT2D eigenvalue weighted by Gasteiger charge is -2.00. The van der Waals surface area contributed by atoms with Crippen LogP contribution >= 0.6 is 0 Å². The monoisotopic (exact) mass is 348 g/mol. The maximum absolute atomic E-state index is 11.5. The fourth-order valence-corrected chi connectivity index (χ4v) is 2.74. The molecule has 0 saturated carbocycles. The Morgan fingerprint density at radius 2 is 1.77 bits per heavy atom. The molecule has 2 heterocycles. The lowest BCUT2D eigenvalue weighted by molar-refractivity contribution is 0.0600. The number of esters is 1. The molecule has 2 aromatic carbocycles. The number of aromatic amines is 1. The Morgan fingerprint density at radius 1 is 1.00 bits per heavy atom. The lowest BCUT2D eigenvalue weighted by atomic mass is 10.1. The van der Waals surface area contributed by atoms with Gasteiger partial charge >= 0.3 is 5.97 Å².